The molecule has 0 aliphatic carbocycles. The van der Waals surface area contributed by atoms with E-state index in [1.54, 1.807) is 6.07 Å². The Bertz CT molecular complexity index is 584. The minimum absolute atomic E-state index is 0.391. The number of hydrogen-bond acceptors (Lipinski definition) is 3. The molecule has 1 amide bonds. The van der Waals surface area contributed by atoms with Gasteiger partial charge in [-0.1, -0.05) is 48.5 Å². The summed E-state index contributed by atoms with van der Waals surface area (Å²) in [5, 5.41) is 0. The topological polar surface area (TPSA) is 72.3 Å². The molecule has 0 bridgehead atoms. The molecule has 0 spiro atoms. The second kappa shape index (κ2) is 7.57. The van der Waals surface area contributed by atoms with Crippen molar-refractivity contribution >= 4 is 5.91 Å². The van der Waals surface area contributed by atoms with Crippen molar-refractivity contribution in [1.29, 1.82) is 0 Å². The molecule has 4 N–H and O–H groups in total. The van der Waals surface area contributed by atoms with Gasteiger partial charge in [0.15, 0.2) is 0 Å². The van der Waals surface area contributed by atoms with Gasteiger partial charge >= 0.3 is 0 Å². The number of nitrogens with two attached hydrogens (primary N) is 2. The first-order valence-electron chi connectivity index (χ1n) is 7.04. The summed E-state index contributed by atoms with van der Waals surface area (Å²) in [4.78, 5) is 13.7. The van der Waals surface area contributed by atoms with Crippen molar-refractivity contribution in [1.82, 2.24) is 4.90 Å². The lowest BCUT2D eigenvalue weighted by Crippen LogP contribution is -2.29. The summed E-state index contributed by atoms with van der Waals surface area (Å²) >= 11 is 0. The number of nitrogens with zero attached hydrogens (tertiary/aromatic N) is 1. The average Bonchev–Trinajstić information content (AvgIpc) is 2.49. The highest BCUT2D eigenvalue weighted by Crippen LogP contribution is 2.13. The first-order valence-corrected chi connectivity index (χ1v) is 7.04. The molecular weight excluding hydrogens is 262 g/mol. The molecule has 4 nitrogen and oxygen atoms in total. The predicted octanol–water partition coefficient (Wildman–Crippen LogP) is 1.75. The predicted molar refractivity (Wildman–Crippen MR) is 84.6 cm³/mol. The zero-order valence-corrected chi connectivity index (χ0v) is 12.0. The summed E-state index contributed by atoms with van der Waals surface area (Å²) in [6.45, 7) is 2.80. The smallest absolute Gasteiger partial charge is 0.249 e. The monoisotopic (exact) mass is 283 g/mol. The van der Waals surface area contributed by atoms with Crippen LogP contribution in [0.1, 0.15) is 21.5 Å². The molecule has 0 atom stereocenters. The Labute approximate surface area is 125 Å². The van der Waals surface area contributed by atoms with Gasteiger partial charge in [0.25, 0.3) is 0 Å². The van der Waals surface area contributed by atoms with E-state index in [9.17, 15) is 4.79 Å². The second-order valence-electron chi connectivity index (χ2n) is 5.01. The molecule has 4 heteroatoms. The zero-order valence-electron chi connectivity index (χ0n) is 12.0. The van der Waals surface area contributed by atoms with Gasteiger partial charge in [-0.2, -0.15) is 0 Å². The van der Waals surface area contributed by atoms with Crippen LogP contribution in [0.15, 0.2) is 54.6 Å². The highest BCUT2D eigenvalue weighted by atomic mass is 16.1. The van der Waals surface area contributed by atoms with Crippen molar-refractivity contribution in [2.45, 2.75) is 13.1 Å². The van der Waals surface area contributed by atoms with E-state index in [1.807, 2.05) is 36.4 Å². The largest absolute Gasteiger partial charge is 0.366 e. The van der Waals surface area contributed by atoms with Gasteiger partial charge < -0.3 is 11.5 Å². The summed E-state index contributed by atoms with van der Waals surface area (Å²) in [6.07, 6.45) is 0. The van der Waals surface area contributed by atoms with Crippen LogP contribution in [0.25, 0.3) is 0 Å². The molecule has 0 saturated heterocycles. The van der Waals surface area contributed by atoms with E-state index in [-0.39, 0.29) is 0 Å². The summed E-state index contributed by atoms with van der Waals surface area (Å²) < 4.78 is 0. The van der Waals surface area contributed by atoms with Gasteiger partial charge in [-0.25, -0.2) is 0 Å². The van der Waals surface area contributed by atoms with Gasteiger partial charge in [0.05, 0.1) is 0 Å². The molecule has 0 heterocycles. The molecule has 21 heavy (non-hydrogen) atoms. The molecule has 0 unspecified atom stereocenters. The molecular formula is C17H21N3O. The number of benzene rings is 2. The lowest BCUT2D eigenvalue weighted by molar-refractivity contribution is 0.0998. The summed E-state index contributed by atoms with van der Waals surface area (Å²) in [6, 6.07) is 17.7. The van der Waals surface area contributed by atoms with Gasteiger partial charge in [-0.15, -0.1) is 0 Å². The Balaban J connectivity index is 2.15. The molecule has 0 saturated carbocycles. The Morgan fingerprint density at radius 1 is 0.952 bits per heavy atom. The number of carbonyl (C=O) groups excluding carboxylic acids is 1. The maximum Gasteiger partial charge on any atom is 0.249 e. The lowest BCUT2D eigenvalue weighted by Gasteiger charge is -2.22. The fraction of sp³-hybridized carbons (Fsp3) is 0.235. The Morgan fingerprint density at radius 3 is 2.29 bits per heavy atom. The van der Waals surface area contributed by atoms with Crippen LogP contribution in [0.3, 0.4) is 0 Å². The molecule has 0 radical (unpaired) electrons. The van der Waals surface area contributed by atoms with Crippen molar-refractivity contribution in [3.05, 3.63) is 71.3 Å². The third-order valence-electron chi connectivity index (χ3n) is 3.37. The number of amides is 1. The Kier molecular flexibility index (Phi) is 5.49. The summed E-state index contributed by atoms with van der Waals surface area (Å²) in [5.74, 6) is -0.391. The van der Waals surface area contributed by atoms with E-state index >= 15 is 0 Å². The van der Waals surface area contributed by atoms with E-state index in [0.29, 0.717) is 18.7 Å². The van der Waals surface area contributed by atoms with Gasteiger partial charge in [0, 0.05) is 31.7 Å². The molecule has 110 valence electrons. The quantitative estimate of drug-likeness (QED) is 0.813. The third-order valence-corrected chi connectivity index (χ3v) is 3.37. The van der Waals surface area contributed by atoms with Gasteiger partial charge in [-0.05, 0) is 17.2 Å². The summed E-state index contributed by atoms with van der Waals surface area (Å²) in [7, 11) is 0. The van der Waals surface area contributed by atoms with Crippen molar-refractivity contribution < 1.29 is 4.79 Å². The molecule has 0 fully saturated rings. The lowest BCUT2D eigenvalue weighted by atomic mass is 10.1. The van der Waals surface area contributed by atoms with Crippen LogP contribution >= 0.6 is 0 Å². The van der Waals surface area contributed by atoms with Crippen LogP contribution in [0.5, 0.6) is 0 Å². The van der Waals surface area contributed by atoms with Crippen molar-refractivity contribution in [3.63, 3.8) is 0 Å². The van der Waals surface area contributed by atoms with Gasteiger partial charge in [0.1, 0.15) is 0 Å². The second-order valence-corrected chi connectivity index (χ2v) is 5.01. The Morgan fingerprint density at radius 2 is 1.62 bits per heavy atom. The molecule has 0 aliphatic rings. The molecule has 0 aromatic heterocycles. The fourth-order valence-electron chi connectivity index (χ4n) is 2.38. The van der Waals surface area contributed by atoms with Crippen LogP contribution < -0.4 is 11.5 Å². The van der Waals surface area contributed by atoms with E-state index in [0.717, 1.165) is 18.7 Å². The minimum atomic E-state index is -0.391. The number of rotatable bonds is 7. The first kappa shape index (κ1) is 15.2. The van der Waals surface area contributed by atoms with Crippen LogP contribution in [-0.4, -0.2) is 23.9 Å². The van der Waals surface area contributed by atoms with E-state index < -0.39 is 5.91 Å². The zero-order chi connectivity index (χ0) is 15.1. The van der Waals surface area contributed by atoms with Crippen molar-refractivity contribution in [2.75, 3.05) is 13.1 Å². The van der Waals surface area contributed by atoms with Crippen molar-refractivity contribution in [2.24, 2.45) is 11.5 Å². The minimum Gasteiger partial charge on any atom is -0.366 e. The molecule has 2 aromatic rings. The fourth-order valence-corrected chi connectivity index (χ4v) is 2.38. The standard InChI is InChI=1S/C17H21N3O/c18-10-11-20(12-14-6-2-1-3-7-14)13-15-8-4-5-9-16(15)17(19)21/h1-9H,10-13,18H2,(H2,19,21). The van der Waals surface area contributed by atoms with Gasteiger partial charge in [-0.3, -0.25) is 9.69 Å². The normalized spacial score (nSPS) is 10.8. The van der Waals surface area contributed by atoms with Gasteiger partial charge in [0.2, 0.25) is 5.91 Å². The molecule has 2 rings (SSSR count). The first-order chi connectivity index (χ1) is 10.2. The van der Waals surface area contributed by atoms with E-state index in [1.165, 1.54) is 5.56 Å². The highest BCUT2D eigenvalue weighted by molar-refractivity contribution is 5.94. The number of hydrogen-bond donors (Lipinski definition) is 2. The van der Waals surface area contributed by atoms with Crippen LogP contribution in [0, 0.1) is 0 Å². The summed E-state index contributed by atoms with van der Waals surface area (Å²) in [5.41, 5.74) is 13.9. The van der Waals surface area contributed by atoms with E-state index in [4.69, 9.17) is 11.5 Å². The van der Waals surface area contributed by atoms with Crippen molar-refractivity contribution in [3.8, 4) is 0 Å². The third kappa shape index (κ3) is 4.41. The number of primary amides is 1. The average molecular weight is 283 g/mol. The highest BCUT2D eigenvalue weighted by Gasteiger charge is 2.11. The molecule has 2 aromatic carbocycles. The van der Waals surface area contributed by atoms with Crippen LogP contribution in [0.2, 0.25) is 0 Å². The number of carbonyl (C=O) groups is 1. The van der Waals surface area contributed by atoms with Crippen LogP contribution in [-0.2, 0) is 13.1 Å². The molecule has 0 aliphatic heterocycles. The SMILES string of the molecule is NCCN(Cc1ccccc1)Cc1ccccc1C(N)=O. The van der Waals surface area contributed by atoms with Crippen LogP contribution in [0.4, 0.5) is 0 Å². The van der Waals surface area contributed by atoms with E-state index in [2.05, 4.69) is 17.0 Å². The maximum absolute atomic E-state index is 11.5. The maximum atomic E-state index is 11.5. The Hall–Kier alpha value is -2.17.